The molecule has 1 aliphatic carbocycles. The summed E-state index contributed by atoms with van der Waals surface area (Å²) in [6.45, 7) is 10.1. The van der Waals surface area contributed by atoms with Crippen molar-refractivity contribution in [1.82, 2.24) is 10.2 Å². The second-order valence-electron chi connectivity index (χ2n) is 5.93. The zero-order chi connectivity index (χ0) is 16.1. The van der Waals surface area contributed by atoms with Crippen LogP contribution in [0.25, 0.3) is 0 Å². The van der Waals surface area contributed by atoms with Gasteiger partial charge >= 0.3 is 0 Å². The maximum absolute atomic E-state index is 6.06. The van der Waals surface area contributed by atoms with Gasteiger partial charge < -0.3 is 10.2 Å². The molecule has 3 nitrogen and oxygen atoms in total. The lowest BCUT2D eigenvalue weighted by molar-refractivity contribution is 0.246. The van der Waals surface area contributed by atoms with E-state index in [1.807, 2.05) is 12.2 Å². The largest absolute Gasteiger partial charge is 0.371 e. The van der Waals surface area contributed by atoms with E-state index < -0.39 is 0 Å². The van der Waals surface area contributed by atoms with Crippen LogP contribution in [0, 0.1) is 11.8 Å². The van der Waals surface area contributed by atoms with Gasteiger partial charge in [-0.05, 0) is 52.6 Å². The molecule has 1 N–H and O–H groups in total. The predicted molar refractivity (Wildman–Crippen MR) is 95.2 cm³/mol. The number of rotatable bonds is 4. The Morgan fingerprint density at radius 2 is 2.05 bits per heavy atom. The number of hydrogen-bond donors (Lipinski definition) is 1. The Morgan fingerprint density at radius 3 is 2.64 bits per heavy atom. The lowest BCUT2D eigenvalue weighted by Crippen LogP contribution is -2.41. The summed E-state index contributed by atoms with van der Waals surface area (Å²) in [5, 5.41) is 3.96. The molecule has 1 saturated heterocycles. The molecule has 0 aromatic rings. The van der Waals surface area contributed by atoms with Gasteiger partial charge in [0.25, 0.3) is 0 Å². The highest BCUT2D eigenvalue weighted by Gasteiger charge is 2.25. The average Bonchev–Trinajstić information content (AvgIpc) is 2.70. The van der Waals surface area contributed by atoms with Gasteiger partial charge in [0.15, 0.2) is 0 Å². The third-order valence-corrected chi connectivity index (χ3v) is 4.39. The SMILES string of the molecule is C=NC1C#CC(Cl)=CC=C1C(=C(C)C)N(C)C1CCNCC1. The Balaban J connectivity index is 2.37. The van der Waals surface area contributed by atoms with Crippen LogP contribution in [0.2, 0.25) is 0 Å². The topological polar surface area (TPSA) is 27.6 Å². The molecule has 0 aromatic carbocycles. The number of hydrogen-bond acceptors (Lipinski definition) is 3. The molecule has 1 atom stereocenters. The highest BCUT2D eigenvalue weighted by molar-refractivity contribution is 6.32. The molecule has 118 valence electrons. The van der Waals surface area contributed by atoms with Gasteiger partial charge in [0.1, 0.15) is 6.04 Å². The molecule has 1 aliphatic heterocycles. The predicted octanol–water partition coefficient (Wildman–Crippen LogP) is 3.10. The zero-order valence-corrected chi connectivity index (χ0v) is 14.4. The summed E-state index contributed by atoms with van der Waals surface area (Å²) in [6.07, 6.45) is 6.17. The number of likely N-dealkylation sites (N-methyl/N-ethyl adjacent to an activating group) is 1. The van der Waals surface area contributed by atoms with E-state index in [2.05, 4.69) is 54.7 Å². The van der Waals surface area contributed by atoms with Crippen LogP contribution in [0.1, 0.15) is 26.7 Å². The highest BCUT2D eigenvalue weighted by atomic mass is 35.5. The van der Waals surface area contributed by atoms with Gasteiger partial charge in [-0.3, -0.25) is 4.99 Å². The minimum Gasteiger partial charge on any atom is -0.371 e. The Kier molecular flexibility index (Phi) is 5.88. The van der Waals surface area contributed by atoms with Gasteiger partial charge in [0.2, 0.25) is 0 Å². The molecule has 0 bridgehead atoms. The van der Waals surface area contributed by atoms with E-state index in [4.69, 9.17) is 11.6 Å². The van der Waals surface area contributed by atoms with Crippen molar-refractivity contribution in [2.45, 2.75) is 38.8 Å². The van der Waals surface area contributed by atoms with Crippen LogP contribution in [0.3, 0.4) is 0 Å². The molecule has 0 aromatic heterocycles. The number of allylic oxidation sites excluding steroid dienone is 4. The fourth-order valence-electron chi connectivity index (χ4n) is 3.08. The van der Waals surface area contributed by atoms with Crippen LogP contribution < -0.4 is 5.32 Å². The third kappa shape index (κ3) is 3.82. The minimum atomic E-state index is -0.235. The van der Waals surface area contributed by atoms with Gasteiger partial charge in [0.05, 0.1) is 5.03 Å². The molecule has 2 rings (SSSR count). The number of aliphatic imine (C=N–C) groups is 1. The van der Waals surface area contributed by atoms with Crippen LogP contribution in [-0.4, -0.2) is 43.8 Å². The Bertz CT molecular complexity index is 579. The third-order valence-electron chi connectivity index (χ3n) is 4.17. The number of halogens is 1. The molecule has 4 heteroatoms. The lowest BCUT2D eigenvalue weighted by atomic mass is 9.96. The second kappa shape index (κ2) is 7.67. The quantitative estimate of drug-likeness (QED) is 0.637. The summed E-state index contributed by atoms with van der Waals surface area (Å²) >= 11 is 6.06. The molecule has 1 fully saturated rings. The molecule has 1 unspecified atom stereocenters. The van der Waals surface area contributed by atoms with Gasteiger partial charge in [-0.1, -0.05) is 35.1 Å². The van der Waals surface area contributed by atoms with Crippen LogP contribution in [0.4, 0.5) is 0 Å². The monoisotopic (exact) mass is 317 g/mol. The van der Waals surface area contributed by atoms with Gasteiger partial charge in [0, 0.05) is 24.4 Å². The average molecular weight is 318 g/mol. The summed E-state index contributed by atoms with van der Waals surface area (Å²) in [4.78, 5) is 6.58. The fraction of sp³-hybridized carbons (Fsp3) is 0.500. The Morgan fingerprint density at radius 1 is 1.36 bits per heavy atom. The van der Waals surface area contributed by atoms with Crippen LogP contribution in [-0.2, 0) is 0 Å². The minimum absolute atomic E-state index is 0.235. The van der Waals surface area contributed by atoms with Crippen LogP contribution in [0.5, 0.6) is 0 Å². The van der Waals surface area contributed by atoms with Gasteiger partial charge in [-0.2, -0.15) is 0 Å². The summed E-state index contributed by atoms with van der Waals surface area (Å²) in [5.74, 6) is 6.03. The second-order valence-corrected chi connectivity index (χ2v) is 6.34. The first kappa shape index (κ1) is 16.9. The summed E-state index contributed by atoms with van der Waals surface area (Å²) < 4.78 is 0. The van der Waals surface area contributed by atoms with Crippen molar-refractivity contribution in [1.29, 1.82) is 0 Å². The van der Waals surface area contributed by atoms with Crippen molar-refractivity contribution in [3.63, 3.8) is 0 Å². The van der Waals surface area contributed by atoms with E-state index in [9.17, 15) is 0 Å². The first-order valence-electron chi connectivity index (χ1n) is 7.70. The van der Waals surface area contributed by atoms with E-state index in [1.54, 1.807) is 0 Å². The molecule has 0 spiro atoms. The number of nitrogens with zero attached hydrogens (tertiary/aromatic N) is 2. The van der Waals surface area contributed by atoms with Gasteiger partial charge in [-0.25, -0.2) is 0 Å². The van der Waals surface area contributed by atoms with E-state index in [-0.39, 0.29) is 6.04 Å². The normalized spacial score (nSPS) is 21.7. The van der Waals surface area contributed by atoms with E-state index in [0.717, 1.165) is 31.5 Å². The van der Waals surface area contributed by atoms with E-state index in [0.29, 0.717) is 11.1 Å². The highest BCUT2D eigenvalue weighted by Crippen LogP contribution is 2.28. The van der Waals surface area contributed by atoms with E-state index in [1.165, 1.54) is 11.3 Å². The number of nitrogens with one attached hydrogen (secondary N) is 1. The first-order chi connectivity index (χ1) is 10.5. The smallest absolute Gasteiger partial charge is 0.137 e. The lowest BCUT2D eigenvalue weighted by Gasteiger charge is -2.37. The van der Waals surface area contributed by atoms with Crippen molar-refractivity contribution in [2.75, 3.05) is 20.1 Å². The summed E-state index contributed by atoms with van der Waals surface area (Å²) in [5.41, 5.74) is 3.55. The van der Waals surface area contributed by atoms with Crippen molar-refractivity contribution in [3.05, 3.63) is 34.0 Å². The molecule has 0 amide bonds. The molecular weight excluding hydrogens is 294 g/mol. The zero-order valence-electron chi connectivity index (χ0n) is 13.6. The maximum Gasteiger partial charge on any atom is 0.137 e. The molecule has 0 radical (unpaired) electrons. The summed E-state index contributed by atoms with van der Waals surface area (Å²) in [6, 6.07) is 0.301. The molecule has 2 aliphatic rings. The maximum atomic E-state index is 6.06. The summed E-state index contributed by atoms with van der Waals surface area (Å²) in [7, 11) is 2.17. The van der Waals surface area contributed by atoms with E-state index >= 15 is 0 Å². The van der Waals surface area contributed by atoms with Crippen molar-refractivity contribution in [3.8, 4) is 11.8 Å². The van der Waals surface area contributed by atoms with Crippen LogP contribution in [0.15, 0.2) is 39.0 Å². The molecule has 0 saturated carbocycles. The first-order valence-corrected chi connectivity index (χ1v) is 8.08. The Hall–Kier alpha value is -1.50. The van der Waals surface area contributed by atoms with Gasteiger partial charge in [-0.15, -0.1) is 0 Å². The van der Waals surface area contributed by atoms with Crippen LogP contribution >= 0.6 is 11.6 Å². The van der Waals surface area contributed by atoms with Crippen molar-refractivity contribution in [2.24, 2.45) is 4.99 Å². The number of piperidine rings is 1. The molecule has 22 heavy (non-hydrogen) atoms. The Labute approximate surface area is 138 Å². The molecule has 1 heterocycles. The van der Waals surface area contributed by atoms with Crippen molar-refractivity contribution < 1.29 is 0 Å². The fourth-order valence-corrected chi connectivity index (χ4v) is 3.20. The van der Waals surface area contributed by atoms with Crippen molar-refractivity contribution >= 4 is 18.3 Å². The standard InChI is InChI=1S/C18H24ClN3/c1-13(2)18(22(4)15-9-11-21-12-10-15)16-7-5-14(19)6-8-17(16)20-3/h5,7,15,17,21H,3,9-12H2,1-2,4H3. The molecular formula is C18H24ClN3.